The van der Waals surface area contributed by atoms with Gasteiger partial charge in [0.1, 0.15) is 21.3 Å². The van der Waals surface area contributed by atoms with Crippen LogP contribution in [0.25, 0.3) is 21.3 Å². The van der Waals surface area contributed by atoms with Gasteiger partial charge in [-0.3, -0.25) is 0 Å². The predicted molar refractivity (Wildman–Crippen MR) is 102 cm³/mol. The molecule has 24 heavy (non-hydrogen) atoms. The lowest BCUT2D eigenvalue weighted by molar-refractivity contribution is 1.11. The van der Waals surface area contributed by atoms with Crippen LogP contribution < -0.4 is 0 Å². The second-order valence-electron chi connectivity index (χ2n) is 5.15. The molecule has 0 N–H and O–H groups in total. The minimum Gasteiger partial charge on any atom is -0.244 e. The van der Waals surface area contributed by atoms with Gasteiger partial charge in [-0.15, -0.1) is 23.1 Å². The fraction of sp³-hybridized carbons (Fsp3) is 0.0556. The van der Waals surface area contributed by atoms with Gasteiger partial charge in [-0.25, -0.2) is 15.0 Å². The van der Waals surface area contributed by atoms with E-state index in [1.54, 1.807) is 35.6 Å². The van der Waals surface area contributed by atoms with Crippen LogP contribution >= 0.6 is 34.7 Å². The Hall–Kier alpha value is -1.95. The third-order valence-corrected chi connectivity index (χ3v) is 5.76. The number of hydrogen-bond acceptors (Lipinski definition) is 5. The van der Waals surface area contributed by atoms with Gasteiger partial charge in [0.05, 0.1) is 5.39 Å². The topological polar surface area (TPSA) is 38.7 Å². The summed E-state index contributed by atoms with van der Waals surface area (Å²) in [5.41, 5.74) is 3.49. The maximum absolute atomic E-state index is 5.84. The summed E-state index contributed by atoms with van der Waals surface area (Å²) < 4.78 is 0. The highest BCUT2D eigenvalue weighted by Gasteiger charge is 2.13. The summed E-state index contributed by atoms with van der Waals surface area (Å²) in [5.74, 6) is 0.792. The molecule has 3 nitrogen and oxygen atoms in total. The second kappa shape index (κ2) is 6.89. The van der Waals surface area contributed by atoms with E-state index in [9.17, 15) is 0 Å². The third-order valence-electron chi connectivity index (χ3n) is 3.58. The van der Waals surface area contributed by atoms with E-state index < -0.39 is 0 Å². The molecule has 0 saturated heterocycles. The molecular formula is C18H12ClN3S2. The molecule has 0 atom stereocenters. The maximum Gasteiger partial charge on any atom is 0.129 e. The van der Waals surface area contributed by atoms with E-state index in [0.717, 1.165) is 26.6 Å². The summed E-state index contributed by atoms with van der Waals surface area (Å²) in [7, 11) is 0. The Kier molecular flexibility index (Phi) is 4.47. The van der Waals surface area contributed by atoms with Crippen molar-refractivity contribution in [3.63, 3.8) is 0 Å². The number of thioether (sulfide) groups is 1. The summed E-state index contributed by atoms with van der Waals surface area (Å²) in [6, 6.07) is 14.2. The Morgan fingerprint density at radius 3 is 2.67 bits per heavy atom. The van der Waals surface area contributed by atoms with Gasteiger partial charge in [0.25, 0.3) is 0 Å². The first-order valence-electron chi connectivity index (χ1n) is 7.32. The molecule has 1 aromatic carbocycles. The van der Waals surface area contributed by atoms with Gasteiger partial charge < -0.3 is 0 Å². The lowest BCUT2D eigenvalue weighted by atomic mass is 10.1. The minimum atomic E-state index is 0.511. The van der Waals surface area contributed by atoms with Gasteiger partial charge in [0.15, 0.2) is 0 Å². The zero-order valence-corrected chi connectivity index (χ0v) is 14.9. The van der Waals surface area contributed by atoms with E-state index >= 15 is 0 Å². The largest absolute Gasteiger partial charge is 0.244 e. The van der Waals surface area contributed by atoms with Crippen LogP contribution in [0.5, 0.6) is 0 Å². The minimum absolute atomic E-state index is 0.511. The average molecular weight is 370 g/mol. The monoisotopic (exact) mass is 369 g/mol. The number of halogens is 1. The molecule has 3 aromatic heterocycles. The van der Waals surface area contributed by atoms with Gasteiger partial charge >= 0.3 is 0 Å². The number of benzene rings is 1. The molecule has 0 fully saturated rings. The standard InChI is InChI=1S/C18H12ClN3S2/c19-15-7-6-12(8-20-15)9-23-17-16-14(13-4-2-1-3-5-13)10-24-18(16)22-11-21-17/h1-8,10-11H,9H2. The Bertz CT molecular complexity index is 969. The van der Waals surface area contributed by atoms with E-state index in [0.29, 0.717) is 5.15 Å². The molecule has 4 aromatic rings. The first-order valence-corrected chi connectivity index (χ1v) is 9.56. The number of aromatic nitrogens is 3. The van der Waals surface area contributed by atoms with Gasteiger partial charge in [-0.2, -0.15) is 0 Å². The van der Waals surface area contributed by atoms with Crippen molar-refractivity contribution in [3.8, 4) is 11.1 Å². The molecular weight excluding hydrogens is 358 g/mol. The summed E-state index contributed by atoms with van der Waals surface area (Å²) in [4.78, 5) is 14.1. The average Bonchev–Trinajstić information content (AvgIpc) is 3.07. The van der Waals surface area contributed by atoms with Crippen LogP contribution in [0.2, 0.25) is 5.15 Å². The number of fused-ring (bicyclic) bond motifs is 1. The molecule has 0 amide bonds. The quantitative estimate of drug-likeness (QED) is 0.263. The Balaban J connectivity index is 1.70. The predicted octanol–water partition coefficient (Wildman–Crippen LogP) is 5.70. The van der Waals surface area contributed by atoms with Crippen molar-refractivity contribution in [2.75, 3.05) is 0 Å². The summed E-state index contributed by atoms with van der Waals surface area (Å²) >= 11 is 9.19. The zero-order valence-electron chi connectivity index (χ0n) is 12.5. The van der Waals surface area contributed by atoms with Crippen molar-refractivity contribution in [1.29, 1.82) is 0 Å². The molecule has 0 radical (unpaired) electrons. The van der Waals surface area contributed by atoms with Gasteiger partial charge in [-0.1, -0.05) is 48.0 Å². The zero-order chi connectivity index (χ0) is 16.4. The Morgan fingerprint density at radius 2 is 1.88 bits per heavy atom. The molecule has 0 aliphatic heterocycles. The second-order valence-corrected chi connectivity index (χ2v) is 7.36. The van der Waals surface area contributed by atoms with E-state index in [2.05, 4.69) is 44.6 Å². The van der Waals surface area contributed by atoms with E-state index in [1.165, 1.54) is 11.1 Å². The van der Waals surface area contributed by atoms with Crippen molar-refractivity contribution in [2.45, 2.75) is 10.8 Å². The number of rotatable bonds is 4. The molecule has 3 heterocycles. The van der Waals surface area contributed by atoms with E-state index in [4.69, 9.17) is 11.6 Å². The number of hydrogen-bond donors (Lipinski definition) is 0. The molecule has 118 valence electrons. The summed E-state index contributed by atoms with van der Waals surface area (Å²) in [6.45, 7) is 0. The molecule has 0 saturated carbocycles. The number of nitrogens with zero attached hydrogens (tertiary/aromatic N) is 3. The first-order chi connectivity index (χ1) is 11.8. The molecule has 6 heteroatoms. The van der Waals surface area contributed by atoms with Gasteiger partial charge in [0, 0.05) is 22.9 Å². The van der Waals surface area contributed by atoms with Crippen LogP contribution in [-0.4, -0.2) is 15.0 Å². The van der Waals surface area contributed by atoms with Crippen LogP contribution in [0, 0.1) is 0 Å². The number of thiophene rings is 1. The van der Waals surface area contributed by atoms with Crippen LogP contribution in [0.1, 0.15) is 5.56 Å². The van der Waals surface area contributed by atoms with E-state index in [1.807, 2.05) is 18.2 Å². The molecule has 0 spiro atoms. The first kappa shape index (κ1) is 15.6. The van der Waals surface area contributed by atoms with Crippen molar-refractivity contribution in [1.82, 2.24) is 15.0 Å². The SMILES string of the molecule is Clc1ccc(CSc2ncnc3scc(-c4ccccc4)c23)cn1. The fourth-order valence-corrected chi connectivity index (χ4v) is 4.47. The van der Waals surface area contributed by atoms with Crippen LogP contribution in [0.3, 0.4) is 0 Å². The Morgan fingerprint density at radius 1 is 1.00 bits per heavy atom. The van der Waals surface area contributed by atoms with Crippen LogP contribution in [-0.2, 0) is 5.75 Å². The molecule has 0 aliphatic rings. The number of pyridine rings is 1. The van der Waals surface area contributed by atoms with Gasteiger partial charge in [0.2, 0.25) is 0 Å². The van der Waals surface area contributed by atoms with Crippen molar-refractivity contribution in [2.24, 2.45) is 0 Å². The third kappa shape index (κ3) is 3.15. The fourth-order valence-electron chi connectivity index (χ4n) is 2.43. The van der Waals surface area contributed by atoms with Gasteiger partial charge in [-0.05, 0) is 17.2 Å². The highest BCUT2D eigenvalue weighted by molar-refractivity contribution is 7.98. The summed E-state index contributed by atoms with van der Waals surface area (Å²) in [5, 5.41) is 4.79. The Labute approximate surface area is 152 Å². The molecule has 0 unspecified atom stereocenters. The summed E-state index contributed by atoms with van der Waals surface area (Å²) in [6.07, 6.45) is 3.44. The maximum atomic E-state index is 5.84. The highest BCUT2D eigenvalue weighted by atomic mass is 35.5. The van der Waals surface area contributed by atoms with Crippen LogP contribution in [0.4, 0.5) is 0 Å². The van der Waals surface area contributed by atoms with Crippen molar-refractivity contribution >= 4 is 44.9 Å². The van der Waals surface area contributed by atoms with Crippen LogP contribution in [0.15, 0.2) is 65.4 Å². The smallest absolute Gasteiger partial charge is 0.129 e. The molecule has 0 aliphatic carbocycles. The molecule has 0 bridgehead atoms. The lowest BCUT2D eigenvalue weighted by Gasteiger charge is -2.05. The molecule has 4 rings (SSSR count). The van der Waals surface area contributed by atoms with E-state index in [-0.39, 0.29) is 0 Å². The normalized spacial score (nSPS) is 11.0. The van der Waals surface area contributed by atoms with Crippen molar-refractivity contribution < 1.29 is 0 Å². The highest BCUT2D eigenvalue weighted by Crippen LogP contribution is 2.38. The lowest BCUT2D eigenvalue weighted by Crippen LogP contribution is -1.88. The van der Waals surface area contributed by atoms with Crippen molar-refractivity contribution in [3.05, 3.63) is 71.1 Å².